The number of amides is 2. The average molecular weight is 311 g/mol. The molecule has 1 aromatic rings. The normalized spacial score (nSPS) is 17.2. The Morgan fingerprint density at radius 3 is 2.41 bits per heavy atom. The van der Waals surface area contributed by atoms with Gasteiger partial charge in [0, 0.05) is 39.2 Å². The van der Waals surface area contributed by atoms with E-state index in [1.807, 2.05) is 4.90 Å². The van der Waals surface area contributed by atoms with E-state index < -0.39 is 23.6 Å². The van der Waals surface area contributed by atoms with Gasteiger partial charge in [0.15, 0.2) is 0 Å². The van der Waals surface area contributed by atoms with E-state index in [4.69, 9.17) is 0 Å². The molecule has 1 N–H and O–H groups in total. The number of hydrogen-bond acceptors (Lipinski definition) is 3. The number of carbonyl (C=O) groups is 2. The summed E-state index contributed by atoms with van der Waals surface area (Å²) >= 11 is 0. The molecular formula is C15H19F2N3O2. The highest BCUT2D eigenvalue weighted by molar-refractivity contribution is 5.94. The molecule has 1 saturated heterocycles. The summed E-state index contributed by atoms with van der Waals surface area (Å²) in [4.78, 5) is 27.1. The molecule has 2 rings (SSSR count). The first kappa shape index (κ1) is 16.4. The van der Waals surface area contributed by atoms with Crippen molar-refractivity contribution in [2.75, 3.05) is 31.5 Å². The van der Waals surface area contributed by atoms with E-state index in [1.165, 1.54) is 6.92 Å². The van der Waals surface area contributed by atoms with Gasteiger partial charge >= 0.3 is 0 Å². The quantitative estimate of drug-likeness (QED) is 0.919. The van der Waals surface area contributed by atoms with Gasteiger partial charge in [0.25, 0.3) is 0 Å². The van der Waals surface area contributed by atoms with E-state index in [0.29, 0.717) is 26.2 Å². The number of carbonyl (C=O) groups excluding carboxylic acids is 2. The number of hydrogen-bond donors (Lipinski definition) is 1. The summed E-state index contributed by atoms with van der Waals surface area (Å²) in [6, 6.07) is 2.43. The number of benzene rings is 1. The van der Waals surface area contributed by atoms with Gasteiger partial charge in [0.05, 0.1) is 11.7 Å². The van der Waals surface area contributed by atoms with Crippen LogP contribution in [0.3, 0.4) is 0 Å². The number of nitrogens with one attached hydrogen (secondary N) is 1. The predicted molar refractivity (Wildman–Crippen MR) is 78.3 cm³/mol. The van der Waals surface area contributed by atoms with Crippen LogP contribution in [0.2, 0.25) is 0 Å². The summed E-state index contributed by atoms with van der Waals surface area (Å²) in [6.07, 6.45) is 0. The van der Waals surface area contributed by atoms with Crippen molar-refractivity contribution < 1.29 is 18.4 Å². The van der Waals surface area contributed by atoms with E-state index in [1.54, 1.807) is 11.8 Å². The molecule has 1 atom stereocenters. The van der Waals surface area contributed by atoms with E-state index in [-0.39, 0.29) is 11.6 Å². The van der Waals surface area contributed by atoms with Gasteiger partial charge in [-0.1, -0.05) is 0 Å². The van der Waals surface area contributed by atoms with Crippen molar-refractivity contribution in [2.45, 2.75) is 19.9 Å². The average Bonchev–Trinajstić information content (AvgIpc) is 2.50. The predicted octanol–water partition coefficient (Wildman–Crippen LogP) is 1.46. The minimum absolute atomic E-state index is 0.0126. The van der Waals surface area contributed by atoms with Crippen LogP contribution in [0.15, 0.2) is 18.2 Å². The zero-order valence-electron chi connectivity index (χ0n) is 12.6. The second-order valence-electron chi connectivity index (χ2n) is 5.33. The molecule has 0 spiro atoms. The number of rotatable bonds is 3. The number of anilines is 1. The van der Waals surface area contributed by atoms with Crippen LogP contribution < -0.4 is 5.32 Å². The van der Waals surface area contributed by atoms with Crippen LogP contribution in [0.1, 0.15) is 13.8 Å². The summed E-state index contributed by atoms with van der Waals surface area (Å²) in [5.41, 5.74) is -0.167. The number of halogens is 2. The topological polar surface area (TPSA) is 52.7 Å². The van der Waals surface area contributed by atoms with Gasteiger partial charge in [-0.2, -0.15) is 0 Å². The lowest BCUT2D eigenvalue weighted by atomic mass is 10.2. The van der Waals surface area contributed by atoms with E-state index in [9.17, 15) is 18.4 Å². The van der Waals surface area contributed by atoms with Crippen LogP contribution in [0.5, 0.6) is 0 Å². The molecule has 1 fully saturated rings. The molecule has 120 valence electrons. The third-order valence-corrected chi connectivity index (χ3v) is 3.87. The zero-order chi connectivity index (χ0) is 16.3. The smallest absolute Gasteiger partial charge is 0.241 e. The maximum Gasteiger partial charge on any atom is 0.241 e. The van der Waals surface area contributed by atoms with E-state index in [0.717, 1.165) is 18.2 Å². The molecule has 22 heavy (non-hydrogen) atoms. The van der Waals surface area contributed by atoms with Crippen LogP contribution in [0, 0.1) is 11.6 Å². The maximum absolute atomic E-state index is 13.5. The van der Waals surface area contributed by atoms with Gasteiger partial charge in [-0.05, 0) is 19.1 Å². The van der Waals surface area contributed by atoms with Crippen molar-refractivity contribution >= 4 is 17.5 Å². The summed E-state index contributed by atoms with van der Waals surface area (Å²) in [5.74, 6) is -1.68. The van der Waals surface area contributed by atoms with Crippen LogP contribution in [-0.4, -0.2) is 53.8 Å². The second-order valence-corrected chi connectivity index (χ2v) is 5.33. The lowest BCUT2D eigenvalue weighted by molar-refractivity contribution is -0.131. The lowest BCUT2D eigenvalue weighted by Crippen LogP contribution is -2.53. The fourth-order valence-electron chi connectivity index (χ4n) is 2.42. The van der Waals surface area contributed by atoms with Crippen LogP contribution >= 0.6 is 0 Å². The Kier molecular flexibility index (Phi) is 5.07. The largest absolute Gasteiger partial charge is 0.340 e. The molecule has 1 aliphatic rings. The second kappa shape index (κ2) is 6.83. The molecular weight excluding hydrogens is 292 g/mol. The SMILES string of the molecule is CC(=O)N1CCN(C(C)C(=O)Nc2cc(F)ccc2F)CC1. The molecule has 1 aromatic carbocycles. The van der Waals surface area contributed by atoms with Crippen molar-refractivity contribution in [3.63, 3.8) is 0 Å². The van der Waals surface area contributed by atoms with E-state index in [2.05, 4.69) is 5.32 Å². The maximum atomic E-state index is 13.5. The molecule has 0 aliphatic carbocycles. The highest BCUT2D eigenvalue weighted by Gasteiger charge is 2.26. The Hall–Kier alpha value is -2.02. The number of piperazine rings is 1. The van der Waals surface area contributed by atoms with Gasteiger partial charge in [-0.25, -0.2) is 8.78 Å². The minimum atomic E-state index is -0.677. The number of nitrogens with zero attached hydrogens (tertiary/aromatic N) is 2. The molecule has 1 unspecified atom stereocenters. The van der Waals surface area contributed by atoms with Gasteiger partial charge in [0.1, 0.15) is 11.6 Å². The van der Waals surface area contributed by atoms with Crippen molar-refractivity contribution in [1.82, 2.24) is 9.80 Å². The Morgan fingerprint density at radius 1 is 1.18 bits per heavy atom. The molecule has 0 radical (unpaired) electrons. The van der Waals surface area contributed by atoms with Gasteiger partial charge in [0.2, 0.25) is 11.8 Å². The molecule has 5 nitrogen and oxygen atoms in total. The van der Waals surface area contributed by atoms with Crippen LogP contribution in [-0.2, 0) is 9.59 Å². The van der Waals surface area contributed by atoms with Gasteiger partial charge in [-0.3, -0.25) is 14.5 Å². The Bertz CT molecular complexity index is 572. The highest BCUT2D eigenvalue weighted by atomic mass is 19.1. The van der Waals surface area contributed by atoms with Gasteiger partial charge in [-0.15, -0.1) is 0 Å². The molecule has 2 amide bonds. The first-order valence-corrected chi connectivity index (χ1v) is 7.14. The molecule has 1 aliphatic heterocycles. The minimum Gasteiger partial charge on any atom is -0.340 e. The highest BCUT2D eigenvalue weighted by Crippen LogP contribution is 2.16. The lowest BCUT2D eigenvalue weighted by Gasteiger charge is -2.37. The van der Waals surface area contributed by atoms with Crippen molar-refractivity contribution in [3.05, 3.63) is 29.8 Å². The van der Waals surface area contributed by atoms with Crippen molar-refractivity contribution in [2.24, 2.45) is 0 Å². The van der Waals surface area contributed by atoms with Crippen LogP contribution in [0.25, 0.3) is 0 Å². The Morgan fingerprint density at radius 2 is 1.82 bits per heavy atom. The fourth-order valence-corrected chi connectivity index (χ4v) is 2.42. The van der Waals surface area contributed by atoms with Crippen molar-refractivity contribution in [1.29, 1.82) is 0 Å². The molecule has 0 aromatic heterocycles. The third kappa shape index (κ3) is 3.79. The Balaban J connectivity index is 1.95. The van der Waals surface area contributed by atoms with Gasteiger partial charge < -0.3 is 10.2 Å². The zero-order valence-corrected chi connectivity index (χ0v) is 12.6. The molecule has 7 heteroatoms. The summed E-state index contributed by atoms with van der Waals surface area (Å²) in [6.45, 7) is 5.47. The monoisotopic (exact) mass is 311 g/mol. The summed E-state index contributed by atoms with van der Waals surface area (Å²) in [5, 5.41) is 2.41. The molecule has 0 bridgehead atoms. The first-order valence-electron chi connectivity index (χ1n) is 7.14. The summed E-state index contributed by atoms with van der Waals surface area (Å²) in [7, 11) is 0. The Labute approximate surface area is 127 Å². The van der Waals surface area contributed by atoms with Crippen molar-refractivity contribution in [3.8, 4) is 0 Å². The fraction of sp³-hybridized carbons (Fsp3) is 0.467. The van der Waals surface area contributed by atoms with Crippen LogP contribution in [0.4, 0.5) is 14.5 Å². The summed E-state index contributed by atoms with van der Waals surface area (Å²) < 4.78 is 26.6. The first-order chi connectivity index (χ1) is 10.4. The third-order valence-electron chi connectivity index (χ3n) is 3.87. The molecule has 1 heterocycles. The standard InChI is InChI=1S/C15H19F2N3O2/c1-10(19-5-7-20(8-6-19)11(2)21)15(22)18-14-9-12(16)3-4-13(14)17/h3-4,9-10H,5-8H2,1-2H3,(H,18,22). The van der Waals surface area contributed by atoms with E-state index >= 15 is 0 Å². The molecule has 0 saturated carbocycles.